The van der Waals surface area contributed by atoms with Crippen molar-refractivity contribution in [2.75, 3.05) is 19.0 Å². The van der Waals surface area contributed by atoms with Gasteiger partial charge in [-0.05, 0) is 44.2 Å². The van der Waals surface area contributed by atoms with E-state index >= 15 is 0 Å². The van der Waals surface area contributed by atoms with Crippen LogP contribution in [0, 0.1) is 13.8 Å². The Morgan fingerprint density at radius 1 is 1.00 bits per heavy atom. The number of thioether (sulfide) groups is 1. The van der Waals surface area contributed by atoms with Crippen molar-refractivity contribution in [2.24, 2.45) is 0 Å². The molecular formula is C21H20N2O4S. The number of hydrogen-bond donors (Lipinski definition) is 0. The fourth-order valence-electron chi connectivity index (χ4n) is 3.03. The number of rotatable bonds is 5. The van der Waals surface area contributed by atoms with Crippen LogP contribution in [0.4, 0.5) is 0 Å². The van der Waals surface area contributed by atoms with Gasteiger partial charge in [0.25, 0.3) is 5.22 Å². The lowest BCUT2D eigenvalue weighted by atomic mass is 10.1. The van der Waals surface area contributed by atoms with Crippen LogP contribution in [0.3, 0.4) is 0 Å². The summed E-state index contributed by atoms with van der Waals surface area (Å²) >= 11 is 1.23. The number of nitrogens with zero attached hydrogens (tertiary/aromatic N) is 2. The third-order valence-corrected chi connectivity index (χ3v) is 5.09. The molecule has 0 saturated carbocycles. The number of hydrogen-bond acceptors (Lipinski definition) is 7. The predicted octanol–water partition coefficient (Wildman–Crippen LogP) is 4.49. The third kappa shape index (κ3) is 4.20. The molecule has 144 valence electrons. The van der Waals surface area contributed by atoms with Crippen molar-refractivity contribution in [2.45, 2.75) is 25.5 Å². The first-order valence-corrected chi connectivity index (χ1v) is 10.0. The van der Waals surface area contributed by atoms with Crippen molar-refractivity contribution in [3.05, 3.63) is 53.1 Å². The Labute approximate surface area is 167 Å². The van der Waals surface area contributed by atoms with Crippen molar-refractivity contribution in [1.82, 2.24) is 10.2 Å². The molecule has 0 amide bonds. The van der Waals surface area contributed by atoms with E-state index < -0.39 is 0 Å². The van der Waals surface area contributed by atoms with Gasteiger partial charge in [-0.2, -0.15) is 0 Å². The molecule has 0 radical (unpaired) electrons. The van der Waals surface area contributed by atoms with E-state index in [1.165, 1.54) is 11.8 Å². The number of Topliss-reactive ketones (excluding diaryl/α,β-unsaturated/α-hetero) is 1. The van der Waals surface area contributed by atoms with Crippen LogP contribution in [0.1, 0.15) is 27.9 Å². The topological polar surface area (TPSA) is 74.5 Å². The number of aryl methyl sites for hydroxylation is 2. The minimum Gasteiger partial charge on any atom is -0.490 e. The predicted molar refractivity (Wildman–Crippen MR) is 106 cm³/mol. The Morgan fingerprint density at radius 2 is 1.75 bits per heavy atom. The number of benzene rings is 2. The molecule has 0 unspecified atom stereocenters. The summed E-state index contributed by atoms with van der Waals surface area (Å²) in [5.41, 5.74) is 3.72. The van der Waals surface area contributed by atoms with Gasteiger partial charge in [-0.3, -0.25) is 4.79 Å². The summed E-state index contributed by atoms with van der Waals surface area (Å²) < 4.78 is 17.0. The zero-order valence-corrected chi connectivity index (χ0v) is 16.5. The summed E-state index contributed by atoms with van der Waals surface area (Å²) in [6.07, 6.45) is 0.827. The summed E-state index contributed by atoms with van der Waals surface area (Å²) in [4.78, 5) is 12.5. The second kappa shape index (κ2) is 8.06. The van der Waals surface area contributed by atoms with E-state index in [1.807, 2.05) is 26.0 Å². The van der Waals surface area contributed by atoms with Gasteiger partial charge in [-0.1, -0.05) is 29.0 Å². The lowest BCUT2D eigenvalue weighted by Gasteiger charge is -2.08. The molecule has 3 aromatic rings. The van der Waals surface area contributed by atoms with E-state index in [2.05, 4.69) is 16.3 Å². The van der Waals surface area contributed by atoms with Gasteiger partial charge in [0, 0.05) is 17.5 Å². The number of carbonyl (C=O) groups excluding carboxylic acids is 1. The van der Waals surface area contributed by atoms with E-state index in [4.69, 9.17) is 13.9 Å². The minimum atomic E-state index is -0.0354. The SMILES string of the molecule is Cc1cc(C)cc(-c2nnc(SCC(=O)c3ccc4c(c3)OCCCO4)o2)c1. The van der Waals surface area contributed by atoms with Crippen molar-refractivity contribution < 1.29 is 18.7 Å². The van der Waals surface area contributed by atoms with E-state index in [9.17, 15) is 4.79 Å². The average Bonchev–Trinajstić information content (AvgIpc) is 3.02. The highest BCUT2D eigenvalue weighted by Gasteiger charge is 2.16. The Bertz CT molecular complexity index is 995. The van der Waals surface area contributed by atoms with Gasteiger partial charge in [-0.25, -0.2) is 0 Å². The van der Waals surface area contributed by atoms with Crippen LogP contribution in [0.2, 0.25) is 0 Å². The smallest absolute Gasteiger partial charge is 0.277 e. The summed E-state index contributed by atoms with van der Waals surface area (Å²) in [6, 6.07) is 11.4. The van der Waals surface area contributed by atoms with Crippen LogP contribution >= 0.6 is 11.8 Å². The van der Waals surface area contributed by atoms with Gasteiger partial charge in [0.15, 0.2) is 17.3 Å². The Kier molecular flexibility index (Phi) is 5.34. The Hall–Kier alpha value is -2.80. The van der Waals surface area contributed by atoms with Gasteiger partial charge < -0.3 is 13.9 Å². The van der Waals surface area contributed by atoms with Crippen LogP contribution in [-0.2, 0) is 0 Å². The van der Waals surface area contributed by atoms with Crippen molar-refractivity contribution in [1.29, 1.82) is 0 Å². The third-order valence-electron chi connectivity index (χ3n) is 4.27. The molecule has 0 spiro atoms. The van der Waals surface area contributed by atoms with Crippen molar-refractivity contribution in [3.63, 3.8) is 0 Å². The molecule has 1 aromatic heterocycles. The molecule has 7 heteroatoms. The average molecular weight is 396 g/mol. The molecule has 4 rings (SSSR count). The zero-order valence-electron chi connectivity index (χ0n) is 15.7. The van der Waals surface area contributed by atoms with Gasteiger partial charge in [0.05, 0.1) is 19.0 Å². The number of fused-ring (bicyclic) bond motifs is 1. The van der Waals surface area contributed by atoms with E-state index in [0.29, 0.717) is 41.4 Å². The first-order chi connectivity index (χ1) is 13.6. The van der Waals surface area contributed by atoms with Crippen molar-refractivity contribution in [3.8, 4) is 23.0 Å². The molecule has 1 aliphatic heterocycles. The molecule has 0 saturated heterocycles. The monoisotopic (exact) mass is 396 g/mol. The highest BCUT2D eigenvalue weighted by Crippen LogP contribution is 2.31. The normalized spacial score (nSPS) is 13.2. The van der Waals surface area contributed by atoms with E-state index in [-0.39, 0.29) is 11.5 Å². The van der Waals surface area contributed by atoms with E-state index in [1.54, 1.807) is 18.2 Å². The molecule has 0 N–H and O–H groups in total. The molecule has 28 heavy (non-hydrogen) atoms. The Morgan fingerprint density at radius 3 is 2.54 bits per heavy atom. The molecule has 0 atom stereocenters. The number of aromatic nitrogens is 2. The van der Waals surface area contributed by atoms with Crippen LogP contribution in [0.25, 0.3) is 11.5 Å². The van der Waals surface area contributed by atoms with Crippen LogP contribution in [-0.4, -0.2) is 34.9 Å². The highest BCUT2D eigenvalue weighted by atomic mass is 32.2. The summed E-state index contributed by atoms with van der Waals surface area (Å²) in [7, 11) is 0. The second-order valence-electron chi connectivity index (χ2n) is 6.67. The lowest BCUT2D eigenvalue weighted by Crippen LogP contribution is -2.03. The van der Waals surface area contributed by atoms with Gasteiger partial charge in [-0.15, -0.1) is 10.2 Å². The van der Waals surface area contributed by atoms with Gasteiger partial charge in [0.2, 0.25) is 5.89 Å². The number of ether oxygens (including phenoxy) is 2. The highest BCUT2D eigenvalue weighted by molar-refractivity contribution is 7.99. The summed E-state index contributed by atoms with van der Waals surface area (Å²) in [5, 5.41) is 8.52. The fourth-order valence-corrected chi connectivity index (χ4v) is 3.69. The van der Waals surface area contributed by atoms with Crippen molar-refractivity contribution >= 4 is 17.5 Å². The maximum atomic E-state index is 12.5. The molecule has 0 aliphatic carbocycles. The van der Waals surface area contributed by atoms with Gasteiger partial charge in [0.1, 0.15) is 0 Å². The first-order valence-electron chi connectivity index (χ1n) is 9.06. The zero-order chi connectivity index (χ0) is 19.5. The molecule has 6 nitrogen and oxygen atoms in total. The number of carbonyl (C=O) groups is 1. The van der Waals surface area contributed by atoms with Crippen LogP contribution in [0.5, 0.6) is 11.5 Å². The standard InChI is InChI=1S/C21H20N2O4S/c1-13-8-14(2)10-16(9-13)20-22-23-21(27-20)28-12-17(24)15-4-5-18-19(11-15)26-7-3-6-25-18/h4-5,8-11H,3,6-7,12H2,1-2H3. The fraction of sp³-hybridized carbons (Fsp3) is 0.286. The molecule has 2 aromatic carbocycles. The van der Waals surface area contributed by atoms with Gasteiger partial charge >= 0.3 is 0 Å². The molecule has 0 fully saturated rings. The van der Waals surface area contributed by atoms with E-state index in [0.717, 1.165) is 23.1 Å². The summed E-state index contributed by atoms with van der Waals surface area (Å²) in [6.45, 7) is 5.26. The molecule has 0 bridgehead atoms. The summed E-state index contributed by atoms with van der Waals surface area (Å²) in [5.74, 6) is 1.91. The van der Waals surface area contributed by atoms with Crippen LogP contribution in [0.15, 0.2) is 46.0 Å². The number of ketones is 1. The largest absolute Gasteiger partial charge is 0.490 e. The molecule has 1 aliphatic rings. The first kappa shape index (κ1) is 18.6. The second-order valence-corrected chi connectivity index (χ2v) is 7.60. The maximum Gasteiger partial charge on any atom is 0.277 e. The van der Waals surface area contributed by atoms with Crippen LogP contribution < -0.4 is 9.47 Å². The quantitative estimate of drug-likeness (QED) is 0.465. The molecular weight excluding hydrogens is 376 g/mol. The Balaban J connectivity index is 1.43. The molecule has 2 heterocycles. The lowest BCUT2D eigenvalue weighted by molar-refractivity contribution is 0.102. The maximum absolute atomic E-state index is 12.5. The minimum absolute atomic E-state index is 0.0354.